The molecule has 0 fully saturated rings. The van der Waals surface area contributed by atoms with Gasteiger partial charge in [0.15, 0.2) is 6.61 Å². The van der Waals surface area contributed by atoms with E-state index in [0.717, 1.165) is 31.2 Å². The van der Waals surface area contributed by atoms with Crippen molar-refractivity contribution in [2.45, 2.75) is 98.5 Å². The quantitative estimate of drug-likeness (QED) is 0.259. The molecule has 1 amide bonds. The monoisotopic (exact) mass is 525 g/mol. The lowest BCUT2D eigenvalue weighted by Gasteiger charge is -2.34. The number of aliphatic hydroxyl groups excluding tert-OH is 1. The van der Waals surface area contributed by atoms with Gasteiger partial charge in [0.1, 0.15) is 5.75 Å². The maximum absolute atomic E-state index is 12.1. The van der Waals surface area contributed by atoms with Crippen LogP contribution in [0.1, 0.15) is 94.5 Å². The van der Waals surface area contributed by atoms with E-state index in [1.165, 1.54) is 22.3 Å². The van der Waals surface area contributed by atoms with E-state index in [9.17, 15) is 14.7 Å². The third-order valence-electron chi connectivity index (χ3n) is 7.76. The highest BCUT2D eigenvalue weighted by atomic mass is 16.5. The minimum absolute atomic E-state index is 0.0287. The molecule has 0 aliphatic rings. The second-order valence-electron chi connectivity index (χ2n) is 11.5. The summed E-state index contributed by atoms with van der Waals surface area (Å²) in [5.41, 5.74) is 5.75. The predicted octanol–water partition coefficient (Wildman–Crippen LogP) is 6.11. The number of aliphatic carboxylic acids is 1. The van der Waals surface area contributed by atoms with Gasteiger partial charge >= 0.3 is 5.97 Å². The topological polar surface area (TPSA) is 95.9 Å². The van der Waals surface area contributed by atoms with Gasteiger partial charge in [0, 0.05) is 18.4 Å². The van der Waals surface area contributed by atoms with Crippen LogP contribution in [-0.2, 0) is 21.4 Å². The van der Waals surface area contributed by atoms with Gasteiger partial charge in [-0.05, 0) is 85.3 Å². The highest BCUT2D eigenvalue weighted by molar-refractivity contribution is 5.77. The summed E-state index contributed by atoms with van der Waals surface area (Å²) in [7, 11) is 0. The first-order valence-corrected chi connectivity index (χ1v) is 13.8. The molecule has 2 rings (SSSR count). The van der Waals surface area contributed by atoms with Crippen LogP contribution in [0.4, 0.5) is 0 Å². The molecule has 0 aliphatic heterocycles. The number of carboxylic acid groups (broad SMARTS) is 1. The van der Waals surface area contributed by atoms with Gasteiger partial charge < -0.3 is 20.3 Å². The van der Waals surface area contributed by atoms with Crippen LogP contribution in [0.25, 0.3) is 0 Å². The Bertz CT molecular complexity index is 1080. The zero-order chi connectivity index (χ0) is 28.5. The number of ether oxygens (including phenoxy) is 1. The van der Waals surface area contributed by atoms with Crippen LogP contribution >= 0.6 is 0 Å². The average Bonchev–Trinajstić information content (AvgIpc) is 2.85. The Balaban J connectivity index is 2.16. The van der Waals surface area contributed by atoms with Crippen LogP contribution in [0.5, 0.6) is 5.75 Å². The fourth-order valence-electron chi connectivity index (χ4n) is 5.00. The second-order valence-corrected chi connectivity index (χ2v) is 11.5. The Labute approximate surface area is 228 Å². The third-order valence-corrected chi connectivity index (χ3v) is 7.76. The van der Waals surface area contributed by atoms with E-state index in [2.05, 4.69) is 77.2 Å². The molecule has 0 aliphatic carbocycles. The van der Waals surface area contributed by atoms with E-state index in [4.69, 9.17) is 9.84 Å². The summed E-state index contributed by atoms with van der Waals surface area (Å²) in [6.45, 7) is 15.0. The number of benzene rings is 2. The summed E-state index contributed by atoms with van der Waals surface area (Å²) in [6, 6.07) is 13.0. The molecule has 38 heavy (non-hydrogen) atoms. The fourth-order valence-corrected chi connectivity index (χ4v) is 5.00. The number of carbonyl (C=O) groups is 2. The standard InChI is InChI=1S/C32H47NO5/c1-8-32(9-2,25-14-12-24(22(3)19-25)13-17-28(34)31(5,6)7)26-15-16-27(23(4)20-26)38-21-29(35)33-18-10-11-30(36)37/h12,14-16,19-20,28,34H,8-11,13,17-18,21H2,1-7H3,(H,33,35)(H,36,37). The van der Waals surface area contributed by atoms with E-state index in [1.54, 1.807) is 0 Å². The van der Waals surface area contributed by atoms with E-state index < -0.39 is 5.97 Å². The second kappa shape index (κ2) is 13.8. The Morgan fingerprint density at radius 2 is 1.58 bits per heavy atom. The number of aliphatic hydroxyl groups is 1. The normalized spacial score (nSPS) is 12.7. The van der Waals surface area contributed by atoms with Crippen LogP contribution in [0.2, 0.25) is 0 Å². The van der Waals surface area contributed by atoms with Crippen molar-refractivity contribution in [1.82, 2.24) is 5.32 Å². The molecule has 1 unspecified atom stereocenters. The molecule has 0 bridgehead atoms. The van der Waals surface area contributed by atoms with Crippen molar-refractivity contribution >= 4 is 11.9 Å². The van der Waals surface area contributed by atoms with E-state index in [-0.39, 0.29) is 35.9 Å². The summed E-state index contributed by atoms with van der Waals surface area (Å²) in [5.74, 6) is -0.469. The molecule has 0 saturated heterocycles. The molecule has 6 nitrogen and oxygen atoms in total. The lowest BCUT2D eigenvalue weighted by atomic mass is 9.69. The van der Waals surface area contributed by atoms with Gasteiger partial charge in [-0.3, -0.25) is 9.59 Å². The molecule has 0 spiro atoms. The minimum atomic E-state index is -0.872. The Morgan fingerprint density at radius 3 is 2.11 bits per heavy atom. The average molecular weight is 526 g/mol. The lowest BCUT2D eigenvalue weighted by molar-refractivity contribution is -0.137. The van der Waals surface area contributed by atoms with Crippen LogP contribution in [0.15, 0.2) is 36.4 Å². The minimum Gasteiger partial charge on any atom is -0.484 e. The van der Waals surface area contributed by atoms with Gasteiger partial charge in [0.2, 0.25) is 0 Å². The summed E-state index contributed by atoms with van der Waals surface area (Å²) in [4.78, 5) is 22.7. The van der Waals surface area contributed by atoms with Gasteiger partial charge in [-0.25, -0.2) is 0 Å². The maximum atomic E-state index is 12.1. The number of nitrogens with one attached hydrogen (secondary N) is 1. The van der Waals surface area contributed by atoms with E-state index in [1.807, 2.05) is 13.0 Å². The Hall–Kier alpha value is -2.86. The molecular weight excluding hydrogens is 478 g/mol. The first-order chi connectivity index (χ1) is 17.8. The zero-order valence-electron chi connectivity index (χ0n) is 24.3. The number of hydrogen-bond acceptors (Lipinski definition) is 4. The van der Waals surface area contributed by atoms with Crippen LogP contribution in [-0.4, -0.2) is 41.3 Å². The van der Waals surface area contributed by atoms with Crippen molar-refractivity contribution in [1.29, 1.82) is 0 Å². The summed E-state index contributed by atoms with van der Waals surface area (Å²) < 4.78 is 5.77. The molecule has 1 atom stereocenters. The summed E-state index contributed by atoms with van der Waals surface area (Å²) >= 11 is 0. The van der Waals surface area contributed by atoms with Crippen molar-refractivity contribution in [2.24, 2.45) is 5.41 Å². The van der Waals surface area contributed by atoms with Crippen molar-refractivity contribution in [2.75, 3.05) is 13.2 Å². The van der Waals surface area contributed by atoms with Gasteiger partial charge in [-0.15, -0.1) is 0 Å². The summed E-state index contributed by atoms with van der Waals surface area (Å²) in [6.07, 6.45) is 3.59. The molecule has 0 aromatic heterocycles. The number of hydrogen-bond donors (Lipinski definition) is 3. The molecule has 3 N–H and O–H groups in total. The third kappa shape index (κ3) is 8.32. The van der Waals surface area contributed by atoms with Gasteiger partial charge in [-0.2, -0.15) is 0 Å². The highest BCUT2D eigenvalue weighted by Crippen LogP contribution is 2.41. The van der Waals surface area contributed by atoms with Crippen LogP contribution in [0, 0.1) is 19.3 Å². The number of aryl methyl sites for hydroxylation is 3. The lowest BCUT2D eigenvalue weighted by Crippen LogP contribution is -2.30. The predicted molar refractivity (Wildman–Crippen MR) is 153 cm³/mol. The van der Waals surface area contributed by atoms with Crippen molar-refractivity contribution < 1.29 is 24.5 Å². The van der Waals surface area contributed by atoms with E-state index >= 15 is 0 Å². The van der Waals surface area contributed by atoms with Gasteiger partial charge in [-0.1, -0.05) is 65.0 Å². The first-order valence-electron chi connectivity index (χ1n) is 13.8. The van der Waals surface area contributed by atoms with Gasteiger partial charge in [0.25, 0.3) is 5.91 Å². The van der Waals surface area contributed by atoms with Crippen LogP contribution in [0.3, 0.4) is 0 Å². The number of carboxylic acids is 1. The van der Waals surface area contributed by atoms with Crippen LogP contribution < -0.4 is 10.1 Å². The molecule has 2 aromatic carbocycles. The van der Waals surface area contributed by atoms with Gasteiger partial charge in [0.05, 0.1) is 6.10 Å². The van der Waals surface area contributed by atoms with E-state index in [0.29, 0.717) is 18.7 Å². The Morgan fingerprint density at radius 1 is 0.974 bits per heavy atom. The van der Waals surface area contributed by atoms with Crippen molar-refractivity contribution in [3.8, 4) is 5.75 Å². The molecular formula is C32H47NO5. The molecule has 2 aromatic rings. The highest BCUT2D eigenvalue weighted by Gasteiger charge is 2.31. The van der Waals surface area contributed by atoms with Crippen molar-refractivity contribution in [3.63, 3.8) is 0 Å². The molecule has 0 heterocycles. The number of rotatable bonds is 14. The molecule has 210 valence electrons. The number of carbonyl (C=O) groups excluding carboxylic acids is 1. The number of amides is 1. The molecule has 0 radical (unpaired) electrons. The molecule has 0 saturated carbocycles. The zero-order valence-corrected chi connectivity index (χ0v) is 24.3. The van der Waals surface area contributed by atoms with Crippen molar-refractivity contribution in [3.05, 3.63) is 64.2 Å². The fraction of sp³-hybridized carbons (Fsp3) is 0.562. The first kappa shape index (κ1) is 31.4. The smallest absolute Gasteiger partial charge is 0.303 e. The maximum Gasteiger partial charge on any atom is 0.303 e. The Kier molecular flexibility index (Phi) is 11.4. The largest absolute Gasteiger partial charge is 0.484 e. The SMILES string of the molecule is CCC(CC)(c1ccc(CCC(O)C(C)(C)C)c(C)c1)c1ccc(OCC(=O)NCCCC(=O)O)c(C)c1. The molecule has 6 heteroatoms. The summed E-state index contributed by atoms with van der Waals surface area (Å²) in [5, 5.41) is 21.9.